The van der Waals surface area contributed by atoms with Gasteiger partial charge >= 0.3 is 0 Å². The Morgan fingerprint density at radius 3 is 2.32 bits per heavy atom. The van der Waals surface area contributed by atoms with Gasteiger partial charge in [0.15, 0.2) is 11.5 Å². The SMILES string of the molecule is CS(=O)(=O)C1CCN(c2cccc(-c3ccc4nc(-c5cccnc5N)n(-c5ccc(C6(N)CCC6)cc5)c4n3)c2)CC1.Cl. The molecule has 3 aromatic heterocycles. The van der Waals surface area contributed by atoms with Gasteiger partial charge in [-0.25, -0.2) is 23.4 Å². The number of anilines is 2. The Bertz CT molecular complexity index is 1930. The molecule has 2 fully saturated rings. The summed E-state index contributed by atoms with van der Waals surface area (Å²) < 4.78 is 26.1. The summed E-state index contributed by atoms with van der Waals surface area (Å²) in [6.45, 7) is 1.41. The highest BCUT2D eigenvalue weighted by molar-refractivity contribution is 7.91. The molecule has 2 aromatic carbocycles. The fourth-order valence-corrected chi connectivity index (χ4v) is 7.41. The monoisotopic (exact) mass is 629 g/mol. The van der Waals surface area contributed by atoms with E-state index in [9.17, 15) is 8.42 Å². The third kappa shape index (κ3) is 5.42. The van der Waals surface area contributed by atoms with Crippen LogP contribution in [0.4, 0.5) is 11.5 Å². The first-order valence-corrected chi connectivity index (χ1v) is 16.7. The molecule has 0 unspecified atom stereocenters. The Kier molecular flexibility index (Phi) is 7.85. The number of aromatic nitrogens is 4. The van der Waals surface area contributed by atoms with Gasteiger partial charge < -0.3 is 16.4 Å². The molecular formula is C33H36ClN7O2S. The molecule has 1 saturated carbocycles. The average molecular weight is 630 g/mol. The van der Waals surface area contributed by atoms with Gasteiger partial charge in [-0.05, 0) is 86.2 Å². The van der Waals surface area contributed by atoms with E-state index in [-0.39, 0.29) is 23.2 Å². The average Bonchev–Trinajstić information content (AvgIpc) is 3.38. The molecule has 0 atom stereocenters. The first-order valence-electron chi connectivity index (χ1n) is 14.7. The third-order valence-corrected chi connectivity index (χ3v) is 10.8. The second kappa shape index (κ2) is 11.5. The van der Waals surface area contributed by atoms with Gasteiger partial charge in [0.25, 0.3) is 0 Å². The summed E-state index contributed by atoms with van der Waals surface area (Å²) in [5, 5.41) is -0.266. The lowest BCUT2D eigenvalue weighted by Crippen LogP contribution is -2.43. The number of piperidine rings is 1. The van der Waals surface area contributed by atoms with E-state index in [1.54, 1.807) is 6.20 Å². The van der Waals surface area contributed by atoms with E-state index in [0.29, 0.717) is 43.2 Å². The smallest absolute Gasteiger partial charge is 0.165 e. The van der Waals surface area contributed by atoms with Gasteiger partial charge in [0, 0.05) is 48.0 Å². The number of nitrogen functional groups attached to an aromatic ring is 1. The van der Waals surface area contributed by atoms with Crippen molar-refractivity contribution < 1.29 is 8.42 Å². The van der Waals surface area contributed by atoms with Gasteiger partial charge in [0.1, 0.15) is 21.2 Å². The van der Waals surface area contributed by atoms with Gasteiger partial charge in [-0.2, -0.15) is 0 Å². The van der Waals surface area contributed by atoms with Gasteiger partial charge in [0.05, 0.1) is 16.5 Å². The summed E-state index contributed by atoms with van der Waals surface area (Å²) in [6.07, 6.45) is 7.43. The minimum absolute atomic E-state index is 0. The number of benzene rings is 2. The minimum Gasteiger partial charge on any atom is -0.383 e. The van der Waals surface area contributed by atoms with E-state index in [1.165, 1.54) is 6.26 Å². The first kappa shape index (κ1) is 30.1. The number of imidazole rings is 1. The standard InChI is InChI=1S/C33H35N7O2S.ClH/c1-43(41,42)26-14-19-39(20-15-26)25-6-2-5-22(21-25)28-12-13-29-32(37-28)40(31(38-29)27-7-3-18-36-30(27)34)24-10-8-23(9-11-24)33(35)16-4-17-33;/h2-3,5-13,18,21,26H,4,14-17,19-20,35H2,1H3,(H2,34,36);1H. The fourth-order valence-electron chi connectivity index (χ4n) is 6.34. The van der Waals surface area contributed by atoms with Crippen LogP contribution in [0.1, 0.15) is 37.7 Å². The Balaban J connectivity index is 0.00000343. The molecule has 7 rings (SSSR count). The highest BCUT2D eigenvalue weighted by atomic mass is 35.5. The molecule has 44 heavy (non-hydrogen) atoms. The molecule has 0 radical (unpaired) electrons. The van der Waals surface area contributed by atoms with Crippen LogP contribution < -0.4 is 16.4 Å². The highest BCUT2D eigenvalue weighted by Gasteiger charge is 2.34. The largest absolute Gasteiger partial charge is 0.383 e. The number of hydrogen-bond acceptors (Lipinski definition) is 8. The molecule has 0 amide bonds. The number of sulfone groups is 1. The second-order valence-electron chi connectivity index (χ2n) is 11.9. The zero-order valence-electron chi connectivity index (χ0n) is 24.6. The summed E-state index contributed by atoms with van der Waals surface area (Å²) >= 11 is 0. The van der Waals surface area contributed by atoms with Crippen LogP contribution in [0, 0.1) is 0 Å². The van der Waals surface area contributed by atoms with Gasteiger partial charge in [0.2, 0.25) is 0 Å². The summed E-state index contributed by atoms with van der Waals surface area (Å²) in [6, 6.07) is 24.4. The van der Waals surface area contributed by atoms with Crippen LogP contribution in [0.5, 0.6) is 0 Å². The number of nitrogens with two attached hydrogens (primary N) is 2. The van der Waals surface area contributed by atoms with Crippen molar-refractivity contribution in [3.8, 4) is 28.3 Å². The van der Waals surface area contributed by atoms with Crippen molar-refractivity contribution >= 4 is 44.9 Å². The maximum atomic E-state index is 12.0. The molecule has 1 saturated heterocycles. The predicted molar refractivity (Wildman–Crippen MR) is 179 cm³/mol. The predicted octanol–water partition coefficient (Wildman–Crippen LogP) is 5.50. The molecule has 11 heteroatoms. The summed E-state index contributed by atoms with van der Waals surface area (Å²) in [5.41, 5.74) is 19.8. The molecule has 1 aliphatic carbocycles. The van der Waals surface area contributed by atoms with Crippen LogP contribution in [0.3, 0.4) is 0 Å². The topological polar surface area (TPSA) is 133 Å². The van der Waals surface area contributed by atoms with E-state index in [4.69, 9.17) is 21.4 Å². The van der Waals surface area contributed by atoms with Crippen molar-refractivity contribution in [3.05, 3.63) is 84.6 Å². The van der Waals surface area contributed by atoms with Crippen LogP contribution in [-0.2, 0) is 15.4 Å². The van der Waals surface area contributed by atoms with Crippen molar-refractivity contribution in [1.29, 1.82) is 0 Å². The minimum atomic E-state index is -3.02. The van der Waals surface area contributed by atoms with Crippen molar-refractivity contribution in [1.82, 2.24) is 19.5 Å². The van der Waals surface area contributed by atoms with Crippen LogP contribution in [0.2, 0.25) is 0 Å². The van der Waals surface area contributed by atoms with E-state index < -0.39 is 9.84 Å². The van der Waals surface area contributed by atoms with E-state index in [2.05, 4.69) is 52.3 Å². The van der Waals surface area contributed by atoms with E-state index in [1.807, 2.05) is 34.9 Å². The highest BCUT2D eigenvalue weighted by Crippen LogP contribution is 2.39. The lowest BCUT2D eigenvalue weighted by Gasteiger charge is -2.38. The number of halogens is 1. The maximum Gasteiger partial charge on any atom is 0.165 e. The van der Waals surface area contributed by atoms with Crippen LogP contribution >= 0.6 is 12.4 Å². The number of nitrogens with zero attached hydrogens (tertiary/aromatic N) is 5. The first-order chi connectivity index (χ1) is 20.7. The summed E-state index contributed by atoms with van der Waals surface area (Å²) in [5.74, 6) is 1.07. The number of hydrogen-bond donors (Lipinski definition) is 2. The number of rotatable bonds is 6. The molecule has 4 heterocycles. The Morgan fingerprint density at radius 2 is 1.66 bits per heavy atom. The number of fused-ring (bicyclic) bond motifs is 1. The molecular weight excluding hydrogens is 594 g/mol. The molecule has 2 aliphatic rings. The molecule has 4 N–H and O–H groups in total. The molecule has 0 bridgehead atoms. The molecule has 5 aromatic rings. The zero-order valence-corrected chi connectivity index (χ0v) is 26.2. The van der Waals surface area contributed by atoms with E-state index in [0.717, 1.165) is 58.5 Å². The molecule has 1 aliphatic heterocycles. The Morgan fingerprint density at radius 1 is 0.909 bits per heavy atom. The normalized spacial score (nSPS) is 16.8. The maximum absolute atomic E-state index is 12.0. The fraction of sp³-hybridized carbons (Fsp3) is 0.303. The van der Waals surface area contributed by atoms with Gasteiger partial charge in [-0.1, -0.05) is 24.3 Å². The quantitative estimate of drug-likeness (QED) is 0.251. The van der Waals surface area contributed by atoms with Crippen LogP contribution in [-0.4, -0.2) is 52.5 Å². The molecule has 9 nitrogen and oxygen atoms in total. The molecule has 0 spiro atoms. The lowest BCUT2D eigenvalue weighted by molar-refractivity contribution is 0.253. The second-order valence-corrected chi connectivity index (χ2v) is 14.2. The Labute approximate surface area is 263 Å². The lowest BCUT2D eigenvalue weighted by atomic mass is 9.73. The summed E-state index contributed by atoms with van der Waals surface area (Å²) in [4.78, 5) is 16.7. The molecule has 228 valence electrons. The van der Waals surface area contributed by atoms with Gasteiger partial charge in [-0.3, -0.25) is 4.57 Å². The summed E-state index contributed by atoms with van der Waals surface area (Å²) in [7, 11) is -3.02. The van der Waals surface area contributed by atoms with Crippen molar-refractivity contribution in [2.24, 2.45) is 5.73 Å². The number of pyridine rings is 2. The van der Waals surface area contributed by atoms with Crippen LogP contribution in [0.15, 0.2) is 79.0 Å². The van der Waals surface area contributed by atoms with Crippen molar-refractivity contribution in [2.75, 3.05) is 30.0 Å². The van der Waals surface area contributed by atoms with Crippen LogP contribution in [0.25, 0.3) is 39.5 Å². The van der Waals surface area contributed by atoms with Crippen molar-refractivity contribution in [3.63, 3.8) is 0 Å². The Hall–Kier alpha value is -3.99. The van der Waals surface area contributed by atoms with E-state index >= 15 is 0 Å². The third-order valence-electron chi connectivity index (χ3n) is 9.08. The van der Waals surface area contributed by atoms with Crippen molar-refractivity contribution in [2.45, 2.75) is 42.9 Å². The zero-order chi connectivity index (χ0) is 29.8. The van der Waals surface area contributed by atoms with Gasteiger partial charge in [-0.15, -0.1) is 12.4 Å².